The van der Waals surface area contributed by atoms with Crippen molar-refractivity contribution in [3.05, 3.63) is 52.0 Å². The number of ether oxygens (including phenoxy) is 2. The van der Waals surface area contributed by atoms with E-state index in [1.807, 2.05) is 42.6 Å². The first kappa shape index (κ1) is 16.7. The summed E-state index contributed by atoms with van der Waals surface area (Å²) in [7, 11) is 0. The van der Waals surface area contributed by atoms with E-state index in [4.69, 9.17) is 9.47 Å². The highest BCUT2D eigenvalue weighted by atomic mass is 32.1. The maximum atomic E-state index is 12.1. The van der Waals surface area contributed by atoms with Crippen LogP contribution in [0.1, 0.15) is 16.3 Å². The second-order valence-corrected chi connectivity index (χ2v) is 6.55. The number of carbonyl (C=O) groups is 1. The van der Waals surface area contributed by atoms with E-state index in [-0.39, 0.29) is 5.91 Å². The van der Waals surface area contributed by atoms with Gasteiger partial charge < -0.3 is 14.4 Å². The van der Waals surface area contributed by atoms with Crippen molar-refractivity contribution < 1.29 is 14.3 Å². The Morgan fingerprint density at radius 1 is 1.42 bits per heavy atom. The zero-order valence-electron chi connectivity index (χ0n) is 13.6. The molecular formula is C18H20N2O3S. The number of amides is 1. The highest BCUT2D eigenvalue weighted by Gasteiger charge is 2.13. The molecule has 1 aliphatic rings. The lowest BCUT2D eigenvalue weighted by Gasteiger charge is -2.25. The molecule has 1 aromatic heterocycles. The Kier molecular flexibility index (Phi) is 5.61. The first-order valence-corrected chi connectivity index (χ1v) is 8.77. The van der Waals surface area contributed by atoms with E-state index >= 15 is 0 Å². The van der Waals surface area contributed by atoms with Gasteiger partial charge in [0.25, 0.3) is 0 Å². The smallest absolute Gasteiger partial charge is 0.246 e. The number of hydrogen-bond donors (Lipinski definition) is 0. The summed E-state index contributed by atoms with van der Waals surface area (Å²) in [6, 6.07) is 7.69. The SMILES string of the molecule is Cc1nc(COc2cccc(C=CC(=O)N3CCOCC3)c2)cs1. The fourth-order valence-electron chi connectivity index (χ4n) is 2.40. The van der Waals surface area contributed by atoms with E-state index in [0.717, 1.165) is 22.0 Å². The molecule has 0 N–H and O–H groups in total. The van der Waals surface area contributed by atoms with E-state index in [9.17, 15) is 4.79 Å². The van der Waals surface area contributed by atoms with Crippen molar-refractivity contribution >= 4 is 23.3 Å². The summed E-state index contributed by atoms with van der Waals surface area (Å²) < 4.78 is 11.0. The predicted molar refractivity (Wildman–Crippen MR) is 94.1 cm³/mol. The van der Waals surface area contributed by atoms with E-state index in [1.165, 1.54) is 0 Å². The largest absolute Gasteiger partial charge is 0.487 e. The Hall–Kier alpha value is -2.18. The maximum Gasteiger partial charge on any atom is 0.246 e. The molecule has 6 heteroatoms. The molecule has 126 valence electrons. The van der Waals surface area contributed by atoms with Crippen molar-refractivity contribution in [1.82, 2.24) is 9.88 Å². The monoisotopic (exact) mass is 344 g/mol. The second-order valence-electron chi connectivity index (χ2n) is 5.49. The molecule has 0 saturated carbocycles. The molecule has 1 saturated heterocycles. The van der Waals surface area contributed by atoms with E-state index in [1.54, 1.807) is 22.3 Å². The van der Waals surface area contributed by atoms with Crippen LogP contribution in [0, 0.1) is 6.92 Å². The molecule has 2 aromatic rings. The van der Waals surface area contributed by atoms with Crippen LogP contribution >= 0.6 is 11.3 Å². The number of thiazole rings is 1. The van der Waals surface area contributed by atoms with Gasteiger partial charge in [-0.05, 0) is 30.7 Å². The number of benzene rings is 1. The normalized spacial score (nSPS) is 15.0. The number of carbonyl (C=O) groups excluding carboxylic acids is 1. The first-order chi connectivity index (χ1) is 11.7. The standard InChI is InChI=1S/C18H20N2O3S/c1-14-19-16(13-24-14)12-23-17-4-2-3-15(11-17)5-6-18(21)20-7-9-22-10-8-20/h2-6,11,13H,7-10,12H2,1H3. The van der Waals surface area contributed by atoms with Crippen LogP contribution in [-0.4, -0.2) is 42.1 Å². The Bertz CT molecular complexity index is 721. The van der Waals surface area contributed by atoms with Gasteiger partial charge in [-0.15, -0.1) is 11.3 Å². The summed E-state index contributed by atoms with van der Waals surface area (Å²) in [5, 5.41) is 3.03. The predicted octanol–water partition coefficient (Wildman–Crippen LogP) is 2.90. The van der Waals surface area contributed by atoms with Crippen LogP contribution < -0.4 is 4.74 Å². The lowest BCUT2D eigenvalue weighted by atomic mass is 10.2. The molecule has 24 heavy (non-hydrogen) atoms. The number of nitrogens with zero attached hydrogens (tertiary/aromatic N) is 2. The molecule has 0 radical (unpaired) electrons. The molecule has 0 bridgehead atoms. The van der Waals surface area contributed by atoms with Crippen LogP contribution in [0.3, 0.4) is 0 Å². The van der Waals surface area contributed by atoms with Gasteiger partial charge >= 0.3 is 0 Å². The van der Waals surface area contributed by atoms with E-state index in [0.29, 0.717) is 32.9 Å². The Labute approximate surface area is 145 Å². The summed E-state index contributed by atoms with van der Waals surface area (Å²) in [6.07, 6.45) is 3.42. The number of aromatic nitrogens is 1. The van der Waals surface area contributed by atoms with Gasteiger partial charge in [0.05, 0.1) is 23.9 Å². The summed E-state index contributed by atoms with van der Waals surface area (Å²) in [5.41, 5.74) is 1.87. The molecule has 5 nitrogen and oxygen atoms in total. The highest BCUT2D eigenvalue weighted by Crippen LogP contribution is 2.17. The number of hydrogen-bond acceptors (Lipinski definition) is 5. The van der Waals surface area contributed by atoms with Gasteiger partial charge in [-0.3, -0.25) is 4.79 Å². The number of rotatable bonds is 5. The van der Waals surface area contributed by atoms with Gasteiger partial charge in [-0.25, -0.2) is 4.98 Å². The van der Waals surface area contributed by atoms with Crippen LogP contribution in [0.15, 0.2) is 35.7 Å². The third-order valence-electron chi connectivity index (χ3n) is 3.65. The molecule has 1 aliphatic heterocycles. The highest BCUT2D eigenvalue weighted by molar-refractivity contribution is 7.09. The average molecular weight is 344 g/mol. The lowest BCUT2D eigenvalue weighted by molar-refractivity contribution is -0.129. The van der Waals surface area contributed by atoms with Gasteiger partial charge in [0, 0.05) is 24.5 Å². The van der Waals surface area contributed by atoms with Crippen molar-refractivity contribution in [2.75, 3.05) is 26.3 Å². The van der Waals surface area contributed by atoms with E-state index in [2.05, 4.69) is 4.98 Å². The van der Waals surface area contributed by atoms with Crippen LogP contribution in [0.2, 0.25) is 0 Å². The van der Waals surface area contributed by atoms with Gasteiger partial charge in [0.1, 0.15) is 12.4 Å². The second kappa shape index (κ2) is 8.08. The molecule has 2 heterocycles. The molecule has 1 aromatic carbocycles. The van der Waals surface area contributed by atoms with Crippen molar-refractivity contribution in [2.45, 2.75) is 13.5 Å². The van der Waals surface area contributed by atoms with Crippen molar-refractivity contribution in [3.8, 4) is 5.75 Å². The number of morpholine rings is 1. The van der Waals surface area contributed by atoms with E-state index < -0.39 is 0 Å². The summed E-state index contributed by atoms with van der Waals surface area (Å²) in [6.45, 7) is 4.95. The fraction of sp³-hybridized carbons (Fsp3) is 0.333. The fourth-order valence-corrected chi connectivity index (χ4v) is 2.99. The van der Waals surface area contributed by atoms with Gasteiger partial charge in [-0.1, -0.05) is 12.1 Å². The molecule has 0 unspecified atom stereocenters. The minimum atomic E-state index is 0.0163. The van der Waals surface area contributed by atoms with Crippen LogP contribution in [0.25, 0.3) is 6.08 Å². The first-order valence-electron chi connectivity index (χ1n) is 7.89. The molecular weight excluding hydrogens is 324 g/mol. The third-order valence-corrected chi connectivity index (χ3v) is 4.47. The van der Waals surface area contributed by atoms with Crippen LogP contribution in [0.5, 0.6) is 5.75 Å². The summed E-state index contributed by atoms with van der Waals surface area (Å²) >= 11 is 1.61. The van der Waals surface area contributed by atoms with Crippen LogP contribution in [0.4, 0.5) is 0 Å². The lowest BCUT2D eigenvalue weighted by Crippen LogP contribution is -2.39. The minimum Gasteiger partial charge on any atom is -0.487 e. The third kappa shape index (κ3) is 4.66. The molecule has 0 aliphatic carbocycles. The van der Waals surface area contributed by atoms with Gasteiger partial charge in [0.15, 0.2) is 0 Å². The molecule has 0 spiro atoms. The van der Waals surface area contributed by atoms with Gasteiger partial charge in [0.2, 0.25) is 5.91 Å². The van der Waals surface area contributed by atoms with Crippen LogP contribution in [-0.2, 0) is 16.1 Å². The summed E-state index contributed by atoms with van der Waals surface area (Å²) in [5.74, 6) is 0.782. The topological polar surface area (TPSA) is 51.7 Å². The van der Waals surface area contributed by atoms with Crippen molar-refractivity contribution in [2.24, 2.45) is 0 Å². The quantitative estimate of drug-likeness (QED) is 0.783. The Morgan fingerprint density at radius 2 is 2.25 bits per heavy atom. The average Bonchev–Trinajstić information content (AvgIpc) is 3.04. The minimum absolute atomic E-state index is 0.0163. The zero-order valence-corrected chi connectivity index (χ0v) is 14.4. The Morgan fingerprint density at radius 3 is 3.00 bits per heavy atom. The molecule has 1 fully saturated rings. The maximum absolute atomic E-state index is 12.1. The van der Waals surface area contributed by atoms with Gasteiger partial charge in [-0.2, -0.15) is 0 Å². The molecule has 0 atom stereocenters. The van der Waals surface area contributed by atoms with Crippen molar-refractivity contribution in [1.29, 1.82) is 0 Å². The number of aryl methyl sites for hydroxylation is 1. The molecule has 3 rings (SSSR count). The molecule has 1 amide bonds. The summed E-state index contributed by atoms with van der Waals surface area (Å²) in [4.78, 5) is 18.3. The Balaban J connectivity index is 1.58. The van der Waals surface area contributed by atoms with Crippen molar-refractivity contribution in [3.63, 3.8) is 0 Å². The zero-order chi connectivity index (χ0) is 16.8.